The highest BCUT2D eigenvalue weighted by Gasteiger charge is 2.51. The van der Waals surface area contributed by atoms with Crippen molar-refractivity contribution < 1.29 is 4.79 Å². The second-order valence-corrected chi connectivity index (χ2v) is 5.95. The number of hydrogen-bond donors (Lipinski definition) is 0. The van der Waals surface area contributed by atoms with E-state index in [4.69, 9.17) is 0 Å². The van der Waals surface area contributed by atoms with Crippen molar-refractivity contribution in [1.29, 1.82) is 0 Å². The minimum absolute atomic E-state index is 0.352. The van der Waals surface area contributed by atoms with Gasteiger partial charge >= 0.3 is 0 Å². The Hall–Kier alpha value is -0.330. The van der Waals surface area contributed by atoms with Crippen molar-refractivity contribution in [3.63, 3.8) is 0 Å². The Kier molecular flexibility index (Phi) is 2.92. The van der Waals surface area contributed by atoms with E-state index in [9.17, 15) is 4.79 Å². The van der Waals surface area contributed by atoms with Gasteiger partial charge in [0, 0.05) is 12.3 Å². The fourth-order valence-electron chi connectivity index (χ4n) is 4.19. The zero-order valence-corrected chi connectivity index (χ0v) is 10.4. The van der Waals surface area contributed by atoms with E-state index in [1.54, 1.807) is 0 Å². The molecule has 0 amide bonds. The fourth-order valence-corrected chi connectivity index (χ4v) is 4.19. The SMILES string of the molecule is CC[C@@H](C)C1CCC2C(=O)CCC[C@@]21C. The predicted molar refractivity (Wildman–Crippen MR) is 62.6 cm³/mol. The first kappa shape index (κ1) is 11.2. The molecule has 0 aromatic carbocycles. The Bertz CT molecular complexity index is 258. The van der Waals surface area contributed by atoms with Crippen molar-refractivity contribution in [2.75, 3.05) is 0 Å². The maximum absolute atomic E-state index is 11.9. The monoisotopic (exact) mass is 208 g/mol. The Balaban J connectivity index is 2.21. The van der Waals surface area contributed by atoms with Gasteiger partial charge < -0.3 is 0 Å². The van der Waals surface area contributed by atoms with Crippen LogP contribution in [-0.4, -0.2) is 5.78 Å². The van der Waals surface area contributed by atoms with E-state index in [0.29, 0.717) is 17.1 Å². The summed E-state index contributed by atoms with van der Waals surface area (Å²) in [6.45, 7) is 7.04. The van der Waals surface area contributed by atoms with Gasteiger partial charge in [-0.1, -0.05) is 27.2 Å². The molecular formula is C14H24O. The Morgan fingerprint density at radius 1 is 1.47 bits per heavy atom. The van der Waals surface area contributed by atoms with E-state index in [0.717, 1.165) is 24.7 Å². The van der Waals surface area contributed by atoms with Crippen LogP contribution in [0.15, 0.2) is 0 Å². The molecule has 0 heterocycles. The maximum Gasteiger partial charge on any atom is 0.136 e. The molecule has 2 saturated carbocycles. The molecule has 0 N–H and O–H groups in total. The topological polar surface area (TPSA) is 17.1 Å². The largest absolute Gasteiger partial charge is 0.299 e. The van der Waals surface area contributed by atoms with Crippen LogP contribution in [0.1, 0.15) is 59.3 Å². The molecule has 0 aromatic heterocycles. The highest BCUT2D eigenvalue weighted by atomic mass is 16.1. The van der Waals surface area contributed by atoms with Gasteiger partial charge in [-0.2, -0.15) is 0 Å². The van der Waals surface area contributed by atoms with Crippen molar-refractivity contribution in [3.05, 3.63) is 0 Å². The van der Waals surface area contributed by atoms with Crippen LogP contribution >= 0.6 is 0 Å². The number of hydrogen-bond acceptors (Lipinski definition) is 1. The molecule has 2 fully saturated rings. The normalized spacial score (nSPS) is 42.7. The first-order valence-corrected chi connectivity index (χ1v) is 6.62. The van der Waals surface area contributed by atoms with Crippen LogP contribution in [0, 0.1) is 23.2 Å². The van der Waals surface area contributed by atoms with Crippen LogP contribution in [-0.2, 0) is 4.79 Å². The van der Waals surface area contributed by atoms with Crippen molar-refractivity contribution in [3.8, 4) is 0 Å². The minimum atomic E-state index is 0.352. The molecular weight excluding hydrogens is 184 g/mol. The molecule has 0 radical (unpaired) electrons. The molecule has 2 aliphatic rings. The standard InChI is InChI=1S/C14H24O/c1-4-10(2)11-7-8-12-13(15)6-5-9-14(11,12)3/h10-12H,4-9H2,1-3H3/t10-,11?,12?,14-/m1/s1. The van der Waals surface area contributed by atoms with Crippen LogP contribution < -0.4 is 0 Å². The van der Waals surface area contributed by atoms with Gasteiger partial charge in [0.05, 0.1) is 0 Å². The van der Waals surface area contributed by atoms with E-state index in [-0.39, 0.29) is 0 Å². The summed E-state index contributed by atoms with van der Waals surface area (Å²) in [5.74, 6) is 2.57. The molecule has 0 aliphatic heterocycles. The van der Waals surface area contributed by atoms with Crippen LogP contribution in [0.2, 0.25) is 0 Å². The molecule has 0 aromatic rings. The van der Waals surface area contributed by atoms with Gasteiger partial charge in [0.25, 0.3) is 0 Å². The third-order valence-electron chi connectivity index (χ3n) is 5.27. The smallest absolute Gasteiger partial charge is 0.136 e. The second-order valence-electron chi connectivity index (χ2n) is 5.95. The molecule has 2 rings (SSSR count). The third kappa shape index (κ3) is 1.64. The summed E-state index contributed by atoms with van der Waals surface area (Å²) in [4.78, 5) is 11.9. The number of carbonyl (C=O) groups excluding carboxylic acids is 1. The molecule has 0 bridgehead atoms. The van der Waals surface area contributed by atoms with E-state index < -0.39 is 0 Å². The van der Waals surface area contributed by atoms with Crippen molar-refractivity contribution in [1.82, 2.24) is 0 Å². The van der Waals surface area contributed by atoms with Gasteiger partial charge in [-0.15, -0.1) is 0 Å². The van der Waals surface area contributed by atoms with Gasteiger partial charge in [-0.05, 0) is 42.9 Å². The average molecular weight is 208 g/mol. The van der Waals surface area contributed by atoms with Crippen molar-refractivity contribution in [2.45, 2.75) is 59.3 Å². The molecule has 86 valence electrons. The van der Waals surface area contributed by atoms with Crippen LogP contribution in [0.25, 0.3) is 0 Å². The summed E-state index contributed by atoms with van der Waals surface area (Å²) in [7, 11) is 0. The van der Waals surface area contributed by atoms with Crippen LogP contribution in [0.5, 0.6) is 0 Å². The molecule has 4 atom stereocenters. The molecule has 0 saturated heterocycles. The van der Waals surface area contributed by atoms with Crippen molar-refractivity contribution >= 4 is 5.78 Å². The maximum atomic E-state index is 11.9. The molecule has 1 heteroatoms. The predicted octanol–water partition coefficient (Wildman–Crippen LogP) is 3.82. The number of Topliss-reactive ketones (excluding diaryl/α,β-unsaturated/α-hetero) is 1. The van der Waals surface area contributed by atoms with E-state index in [1.165, 1.54) is 25.7 Å². The highest BCUT2D eigenvalue weighted by Crippen LogP contribution is 2.56. The van der Waals surface area contributed by atoms with Gasteiger partial charge in [0.15, 0.2) is 0 Å². The quantitative estimate of drug-likeness (QED) is 0.674. The first-order valence-electron chi connectivity index (χ1n) is 6.62. The number of ketones is 1. The minimum Gasteiger partial charge on any atom is -0.299 e. The molecule has 15 heavy (non-hydrogen) atoms. The summed E-state index contributed by atoms with van der Waals surface area (Å²) < 4.78 is 0. The summed E-state index contributed by atoms with van der Waals surface area (Å²) in [6, 6.07) is 0. The zero-order chi connectivity index (χ0) is 11.1. The van der Waals surface area contributed by atoms with Crippen LogP contribution in [0.4, 0.5) is 0 Å². The van der Waals surface area contributed by atoms with Gasteiger partial charge in [-0.3, -0.25) is 4.79 Å². The lowest BCUT2D eigenvalue weighted by atomic mass is 9.62. The van der Waals surface area contributed by atoms with Gasteiger partial charge in [0.2, 0.25) is 0 Å². The third-order valence-corrected chi connectivity index (χ3v) is 5.27. The number of fused-ring (bicyclic) bond motifs is 1. The average Bonchev–Trinajstić information content (AvgIpc) is 2.56. The van der Waals surface area contributed by atoms with E-state index in [2.05, 4.69) is 20.8 Å². The summed E-state index contributed by atoms with van der Waals surface area (Å²) in [5.41, 5.74) is 0.352. The molecule has 0 spiro atoms. The lowest BCUT2D eigenvalue weighted by Crippen LogP contribution is -2.39. The lowest BCUT2D eigenvalue weighted by molar-refractivity contribution is -0.130. The van der Waals surface area contributed by atoms with E-state index >= 15 is 0 Å². The Morgan fingerprint density at radius 3 is 2.87 bits per heavy atom. The number of carbonyl (C=O) groups is 1. The fraction of sp³-hybridized carbons (Fsp3) is 0.929. The van der Waals surface area contributed by atoms with E-state index in [1.807, 2.05) is 0 Å². The molecule has 2 unspecified atom stereocenters. The summed E-state index contributed by atoms with van der Waals surface area (Å²) in [5, 5.41) is 0. The number of rotatable bonds is 2. The summed E-state index contributed by atoms with van der Waals surface area (Å²) in [6.07, 6.45) is 7.01. The lowest BCUT2D eigenvalue weighted by Gasteiger charge is -2.42. The van der Waals surface area contributed by atoms with Gasteiger partial charge in [0.1, 0.15) is 5.78 Å². The second kappa shape index (κ2) is 3.92. The van der Waals surface area contributed by atoms with Crippen LogP contribution in [0.3, 0.4) is 0 Å². The summed E-state index contributed by atoms with van der Waals surface area (Å²) >= 11 is 0. The first-order chi connectivity index (χ1) is 7.09. The van der Waals surface area contributed by atoms with Crippen molar-refractivity contribution in [2.24, 2.45) is 23.2 Å². The Labute approximate surface area is 93.6 Å². The molecule has 1 nitrogen and oxygen atoms in total. The highest BCUT2D eigenvalue weighted by molar-refractivity contribution is 5.83. The van der Waals surface area contributed by atoms with Gasteiger partial charge in [-0.25, -0.2) is 0 Å². The zero-order valence-electron chi connectivity index (χ0n) is 10.4. The molecule has 2 aliphatic carbocycles. The Morgan fingerprint density at radius 2 is 2.20 bits per heavy atom.